The molecule has 0 saturated carbocycles. The molecule has 1 amide bonds. The number of rotatable bonds is 7. The molecule has 0 spiro atoms. The number of benzene rings is 2. The number of halogens is 2. The third-order valence-electron chi connectivity index (χ3n) is 5.38. The number of carbonyl (C=O) groups excluding carboxylic acids is 1. The van der Waals surface area contributed by atoms with Crippen molar-refractivity contribution in [2.45, 2.75) is 19.9 Å². The molecule has 1 N–H and O–H groups in total. The van der Waals surface area contributed by atoms with E-state index in [1.165, 1.54) is 0 Å². The smallest absolute Gasteiger partial charge is 0.224 e. The molecule has 2 heterocycles. The van der Waals surface area contributed by atoms with Crippen LogP contribution in [0.1, 0.15) is 18.9 Å². The summed E-state index contributed by atoms with van der Waals surface area (Å²) in [5.41, 5.74) is 4.94. The number of nitrogens with zero attached hydrogens (tertiary/aromatic N) is 2. The van der Waals surface area contributed by atoms with Gasteiger partial charge < -0.3 is 19.4 Å². The van der Waals surface area contributed by atoms with Gasteiger partial charge in [0.1, 0.15) is 11.5 Å². The first-order valence-corrected chi connectivity index (χ1v) is 11.2. The number of carbonyl (C=O) groups is 1. The van der Waals surface area contributed by atoms with Crippen molar-refractivity contribution in [1.29, 1.82) is 0 Å². The molecule has 8 heteroatoms. The summed E-state index contributed by atoms with van der Waals surface area (Å²) in [6.07, 6.45) is 2.37. The lowest BCUT2D eigenvalue weighted by Gasteiger charge is -2.15. The van der Waals surface area contributed by atoms with E-state index < -0.39 is 0 Å². The summed E-state index contributed by atoms with van der Waals surface area (Å²) in [7, 11) is 3.11. The Morgan fingerprint density at radius 3 is 2.42 bits per heavy atom. The standard InChI is InChI=1S/C25H23Cl2N3O3/c1-4-23(31)28-16-7-5-6-15(12-16)18-8-9-20-19(29-18)10-11-30(20)14-17-24(26)21(32-2)13-22(33-3)25(17)27/h5-13H,4,14H2,1-3H3,(H,28,31). The predicted octanol–water partition coefficient (Wildman–Crippen LogP) is 6.42. The van der Waals surface area contributed by atoms with Gasteiger partial charge in [-0.15, -0.1) is 0 Å². The Morgan fingerprint density at radius 2 is 1.76 bits per heavy atom. The lowest BCUT2D eigenvalue weighted by atomic mass is 10.1. The first-order chi connectivity index (χ1) is 15.9. The normalized spacial score (nSPS) is 10.9. The number of amides is 1. The topological polar surface area (TPSA) is 65.4 Å². The Labute approximate surface area is 202 Å². The van der Waals surface area contributed by atoms with Gasteiger partial charge in [-0.2, -0.15) is 0 Å². The minimum absolute atomic E-state index is 0.0286. The van der Waals surface area contributed by atoms with Crippen LogP contribution in [-0.4, -0.2) is 29.7 Å². The second kappa shape index (κ2) is 9.73. The second-order valence-electron chi connectivity index (χ2n) is 7.41. The number of aromatic nitrogens is 2. The minimum Gasteiger partial charge on any atom is -0.495 e. The number of anilines is 1. The molecule has 0 aliphatic rings. The van der Waals surface area contributed by atoms with Crippen molar-refractivity contribution in [1.82, 2.24) is 9.55 Å². The van der Waals surface area contributed by atoms with Crippen LogP contribution in [0.25, 0.3) is 22.3 Å². The largest absolute Gasteiger partial charge is 0.495 e. The fraction of sp³-hybridized carbons (Fsp3) is 0.200. The molecule has 0 saturated heterocycles. The fourth-order valence-electron chi connectivity index (χ4n) is 3.62. The van der Waals surface area contributed by atoms with Crippen molar-refractivity contribution in [3.05, 3.63) is 70.3 Å². The molecule has 0 atom stereocenters. The molecule has 0 radical (unpaired) electrons. The summed E-state index contributed by atoms with van der Waals surface area (Å²) < 4.78 is 12.8. The van der Waals surface area contributed by atoms with Crippen LogP contribution < -0.4 is 14.8 Å². The third kappa shape index (κ3) is 4.63. The first-order valence-electron chi connectivity index (χ1n) is 10.4. The highest BCUT2D eigenvalue weighted by molar-refractivity contribution is 6.37. The van der Waals surface area contributed by atoms with Crippen LogP contribution in [0.4, 0.5) is 5.69 Å². The zero-order valence-electron chi connectivity index (χ0n) is 18.5. The summed E-state index contributed by atoms with van der Waals surface area (Å²) >= 11 is 13.1. The molecular weight excluding hydrogens is 461 g/mol. The van der Waals surface area contributed by atoms with Crippen LogP contribution in [0.5, 0.6) is 11.5 Å². The van der Waals surface area contributed by atoms with Crippen molar-refractivity contribution >= 4 is 45.8 Å². The molecule has 0 aliphatic carbocycles. The summed E-state index contributed by atoms with van der Waals surface area (Å²) in [6.45, 7) is 2.25. The number of fused-ring (bicyclic) bond motifs is 1. The molecular formula is C25H23Cl2N3O3. The Morgan fingerprint density at radius 1 is 1.03 bits per heavy atom. The van der Waals surface area contributed by atoms with Gasteiger partial charge in [-0.25, -0.2) is 4.98 Å². The van der Waals surface area contributed by atoms with Crippen LogP contribution in [0.3, 0.4) is 0 Å². The van der Waals surface area contributed by atoms with Crippen LogP contribution in [0.15, 0.2) is 54.7 Å². The van der Waals surface area contributed by atoms with Gasteiger partial charge in [0.15, 0.2) is 0 Å². The highest BCUT2D eigenvalue weighted by Gasteiger charge is 2.18. The van der Waals surface area contributed by atoms with Crippen LogP contribution >= 0.6 is 23.2 Å². The lowest BCUT2D eigenvalue weighted by molar-refractivity contribution is -0.115. The molecule has 0 fully saturated rings. The van der Waals surface area contributed by atoms with Gasteiger partial charge in [0.25, 0.3) is 0 Å². The molecule has 170 valence electrons. The highest BCUT2D eigenvalue weighted by Crippen LogP contribution is 2.41. The summed E-state index contributed by atoms with van der Waals surface area (Å²) in [6, 6.07) is 15.2. The SMILES string of the molecule is CCC(=O)Nc1cccc(-c2ccc3c(ccn3Cc3c(Cl)c(OC)cc(OC)c3Cl)n2)c1. The molecule has 4 aromatic rings. The second-order valence-corrected chi connectivity index (χ2v) is 8.17. The summed E-state index contributed by atoms with van der Waals surface area (Å²) in [5, 5.41) is 3.77. The van der Waals surface area contributed by atoms with Crippen molar-refractivity contribution in [3.63, 3.8) is 0 Å². The molecule has 2 aromatic carbocycles. The maximum absolute atomic E-state index is 11.7. The highest BCUT2D eigenvalue weighted by atomic mass is 35.5. The van der Waals surface area contributed by atoms with Crippen molar-refractivity contribution < 1.29 is 14.3 Å². The number of methoxy groups -OCH3 is 2. The van der Waals surface area contributed by atoms with E-state index in [4.69, 9.17) is 37.7 Å². The molecule has 33 heavy (non-hydrogen) atoms. The Kier molecular flexibility index (Phi) is 6.77. The number of ether oxygens (including phenoxy) is 2. The minimum atomic E-state index is -0.0286. The number of pyridine rings is 1. The maximum Gasteiger partial charge on any atom is 0.224 e. The predicted molar refractivity (Wildman–Crippen MR) is 133 cm³/mol. The number of hydrogen-bond acceptors (Lipinski definition) is 4. The van der Waals surface area contributed by atoms with E-state index in [0.717, 1.165) is 28.0 Å². The Balaban J connectivity index is 1.68. The molecule has 4 rings (SSSR count). The third-order valence-corrected chi connectivity index (χ3v) is 6.21. The van der Waals surface area contributed by atoms with Gasteiger partial charge >= 0.3 is 0 Å². The summed E-state index contributed by atoms with van der Waals surface area (Å²) in [4.78, 5) is 16.5. The van der Waals surface area contributed by atoms with E-state index in [2.05, 4.69) is 5.32 Å². The number of nitrogens with one attached hydrogen (secondary N) is 1. The average Bonchev–Trinajstić information content (AvgIpc) is 3.24. The van der Waals surface area contributed by atoms with Gasteiger partial charge in [0, 0.05) is 35.5 Å². The number of hydrogen-bond donors (Lipinski definition) is 1. The zero-order chi connectivity index (χ0) is 23.5. The van der Waals surface area contributed by atoms with Crippen molar-refractivity contribution in [2.75, 3.05) is 19.5 Å². The van der Waals surface area contributed by atoms with E-state index in [-0.39, 0.29) is 5.91 Å². The fourth-order valence-corrected chi connectivity index (χ4v) is 4.24. The zero-order valence-corrected chi connectivity index (χ0v) is 20.0. The van der Waals surface area contributed by atoms with E-state index in [1.54, 1.807) is 20.3 Å². The van der Waals surface area contributed by atoms with E-state index in [0.29, 0.717) is 40.1 Å². The first kappa shape index (κ1) is 23.0. The molecule has 6 nitrogen and oxygen atoms in total. The summed E-state index contributed by atoms with van der Waals surface area (Å²) in [5.74, 6) is 0.971. The monoisotopic (exact) mass is 483 g/mol. The van der Waals surface area contributed by atoms with E-state index in [1.807, 2.05) is 60.2 Å². The lowest BCUT2D eigenvalue weighted by Crippen LogP contribution is -2.09. The van der Waals surface area contributed by atoms with Gasteiger partial charge in [-0.3, -0.25) is 4.79 Å². The Bertz CT molecular complexity index is 1310. The molecule has 0 unspecified atom stereocenters. The van der Waals surface area contributed by atoms with Crippen LogP contribution in [-0.2, 0) is 11.3 Å². The van der Waals surface area contributed by atoms with Gasteiger partial charge in [0.05, 0.1) is 47.5 Å². The van der Waals surface area contributed by atoms with Crippen LogP contribution in [0.2, 0.25) is 10.0 Å². The van der Waals surface area contributed by atoms with Crippen molar-refractivity contribution in [3.8, 4) is 22.8 Å². The van der Waals surface area contributed by atoms with E-state index >= 15 is 0 Å². The maximum atomic E-state index is 11.7. The Hall–Kier alpha value is -3.22. The quantitative estimate of drug-likeness (QED) is 0.329. The molecule has 0 aliphatic heterocycles. The molecule has 2 aromatic heterocycles. The van der Waals surface area contributed by atoms with Gasteiger partial charge in [-0.05, 0) is 30.3 Å². The molecule has 0 bridgehead atoms. The van der Waals surface area contributed by atoms with Gasteiger partial charge in [0.2, 0.25) is 5.91 Å². The van der Waals surface area contributed by atoms with Crippen LogP contribution in [0, 0.1) is 0 Å². The van der Waals surface area contributed by atoms with Crippen molar-refractivity contribution in [2.24, 2.45) is 0 Å². The van der Waals surface area contributed by atoms with Gasteiger partial charge in [-0.1, -0.05) is 42.3 Å². The van der Waals surface area contributed by atoms with E-state index in [9.17, 15) is 4.79 Å². The average molecular weight is 484 g/mol.